The molecule has 1 aromatic heterocycles. The minimum absolute atomic E-state index is 0. The minimum Gasteiger partial charge on any atom is -0.370 e. The number of hydrogen-bond donors (Lipinski definition) is 5. The molecule has 1 heterocycles. The highest BCUT2D eigenvalue weighted by molar-refractivity contribution is 5.94. The van der Waals surface area contributed by atoms with Crippen LogP contribution in [0.3, 0.4) is 0 Å². The van der Waals surface area contributed by atoms with Crippen molar-refractivity contribution in [1.29, 1.82) is 10.8 Å². The summed E-state index contributed by atoms with van der Waals surface area (Å²) in [5.41, 5.74) is 5.99. The number of nitrogens with zero attached hydrogens (tertiary/aromatic N) is 2. The van der Waals surface area contributed by atoms with E-state index in [0.29, 0.717) is 0 Å². The molecule has 0 radical (unpaired) electrons. The van der Waals surface area contributed by atoms with Crippen LogP contribution in [0.4, 0.5) is 0 Å². The molecule has 0 fully saturated rings. The van der Waals surface area contributed by atoms with Gasteiger partial charge in [0.2, 0.25) is 0 Å². The third-order valence-electron chi connectivity index (χ3n) is 2.51. The van der Waals surface area contributed by atoms with E-state index in [2.05, 4.69) is 27.5 Å². The predicted molar refractivity (Wildman–Crippen MR) is 92.5 cm³/mol. The predicted octanol–water partition coefficient (Wildman–Crippen LogP) is 1.85. The van der Waals surface area contributed by atoms with Crippen molar-refractivity contribution in [3.8, 4) is 0 Å². The number of nitrogens with one attached hydrogen (secondary N) is 4. The van der Waals surface area contributed by atoms with Gasteiger partial charge in [0.1, 0.15) is 6.33 Å². The van der Waals surface area contributed by atoms with Crippen LogP contribution < -0.4 is 16.4 Å². The lowest BCUT2D eigenvalue weighted by atomic mass is 10.2. The monoisotopic (exact) mass is 323 g/mol. The maximum absolute atomic E-state index is 7.15. The lowest BCUT2D eigenvalue weighted by Crippen LogP contribution is -2.43. The first-order valence-corrected chi connectivity index (χ1v) is 6.71. The van der Waals surface area contributed by atoms with Crippen molar-refractivity contribution in [2.24, 2.45) is 5.73 Å². The summed E-state index contributed by atoms with van der Waals surface area (Å²) < 4.78 is 0. The van der Waals surface area contributed by atoms with Crippen molar-refractivity contribution in [3.05, 3.63) is 36.8 Å². The normalized spacial score (nSPS) is 8.95. The fourth-order valence-corrected chi connectivity index (χ4v) is 1.49. The fraction of sp³-hybridized carbons (Fsp3) is 0.286. The molecule has 0 spiro atoms. The van der Waals surface area contributed by atoms with E-state index in [1.54, 1.807) is 6.33 Å². The van der Waals surface area contributed by atoms with Crippen molar-refractivity contribution in [1.82, 2.24) is 20.6 Å². The zero-order valence-electron chi connectivity index (χ0n) is 12.5. The highest BCUT2D eigenvalue weighted by Gasteiger charge is 1.93. The highest BCUT2D eigenvalue weighted by atomic mass is 35.5. The summed E-state index contributed by atoms with van der Waals surface area (Å²) in [4.78, 5) is 7.97. The largest absolute Gasteiger partial charge is 0.370 e. The van der Waals surface area contributed by atoms with Crippen molar-refractivity contribution in [2.45, 2.75) is 19.8 Å². The molecule has 0 saturated carbocycles. The fourth-order valence-electron chi connectivity index (χ4n) is 1.49. The standard InChI is InChI=1S/C8H6N2.C6H15N5.ClH/c1-2-4-8-7(3-1)5-9-6-10-8;1-2-3-4-10-6(9)11-5(7)8;/h1-6H;2-4H2,1H3,(H6,7,8,9,10,11);1H. The Morgan fingerprint density at radius 2 is 2.00 bits per heavy atom. The molecule has 6 N–H and O–H groups in total. The van der Waals surface area contributed by atoms with Crippen LogP contribution in [0.2, 0.25) is 0 Å². The highest BCUT2D eigenvalue weighted by Crippen LogP contribution is 2.06. The summed E-state index contributed by atoms with van der Waals surface area (Å²) in [6.07, 6.45) is 5.47. The molecular weight excluding hydrogens is 302 g/mol. The van der Waals surface area contributed by atoms with E-state index >= 15 is 0 Å². The molecule has 0 aliphatic carbocycles. The van der Waals surface area contributed by atoms with Crippen LogP contribution in [0.5, 0.6) is 0 Å². The van der Waals surface area contributed by atoms with Gasteiger partial charge < -0.3 is 11.1 Å². The Bertz CT molecular complexity index is 523. The van der Waals surface area contributed by atoms with Crippen LogP contribution in [0, 0.1) is 10.8 Å². The summed E-state index contributed by atoms with van der Waals surface area (Å²) in [5.74, 6) is -0.120. The van der Waals surface area contributed by atoms with Gasteiger partial charge in [-0.05, 0) is 12.5 Å². The number of hydrogen-bond acceptors (Lipinski definition) is 4. The second-order valence-electron chi connectivity index (χ2n) is 4.28. The van der Waals surface area contributed by atoms with Gasteiger partial charge in [-0.1, -0.05) is 31.5 Å². The maximum Gasteiger partial charge on any atom is 0.195 e. The molecule has 2 aromatic rings. The zero-order valence-corrected chi connectivity index (χ0v) is 13.3. The molecule has 0 aliphatic rings. The number of unbranched alkanes of at least 4 members (excludes halogenated alkanes) is 1. The van der Waals surface area contributed by atoms with Crippen LogP contribution in [0.25, 0.3) is 10.9 Å². The number of aromatic nitrogens is 2. The molecule has 0 bridgehead atoms. The number of halogens is 1. The third kappa shape index (κ3) is 8.01. The first-order valence-electron chi connectivity index (χ1n) is 6.71. The van der Waals surface area contributed by atoms with Crippen molar-refractivity contribution in [2.75, 3.05) is 6.54 Å². The summed E-state index contributed by atoms with van der Waals surface area (Å²) in [5, 5.41) is 20.1. The van der Waals surface area contributed by atoms with Gasteiger partial charge >= 0.3 is 0 Å². The van der Waals surface area contributed by atoms with E-state index in [4.69, 9.17) is 16.6 Å². The molecular formula is C14H22ClN7. The second-order valence-corrected chi connectivity index (χ2v) is 4.28. The molecule has 22 heavy (non-hydrogen) atoms. The number of para-hydroxylation sites is 1. The Balaban J connectivity index is 0.000000383. The lowest BCUT2D eigenvalue weighted by molar-refractivity contribution is 0.744. The molecule has 8 heteroatoms. The molecule has 0 aliphatic heterocycles. The van der Waals surface area contributed by atoms with Crippen LogP contribution >= 0.6 is 12.4 Å². The number of benzene rings is 1. The summed E-state index contributed by atoms with van der Waals surface area (Å²) in [6.45, 7) is 2.82. The Labute approximate surface area is 136 Å². The van der Waals surface area contributed by atoms with Crippen molar-refractivity contribution in [3.63, 3.8) is 0 Å². The zero-order chi connectivity index (χ0) is 15.5. The quantitative estimate of drug-likeness (QED) is 0.335. The minimum atomic E-state index is -0.209. The van der Waals surface area contributed by atoms with E-state index < -0.39 is 0 Å². The van der Waals surface area contributed by atoms with Gasteiger partial charge in [0.25, 0.3) is 0 Å². The van der Waals surface area contributed by atoms with Crippen molar-refractivity contribution >= 4 is 35.2 Å². The van der Waals surface area contributed by atoms with Crippen molar-refractivity contribution < 1.29 is 0 Å². The molecule has 0 amide bonds. The van der Waals surface area contributed by atoms with Crippen LogP contribution in [0.15, 0.2) is 36.8 Å². The molecule has 2 rings (SSSR count). The number of nitrogens with two attached hydrogens (primary N) is 1. The molecule has 0 unspecified atom stereocenters. The summed E-state index contributed by atoms with van der Waals surface area (Å²) >= 11 is 0. The van der Waals surface area contributed by atoms with E-state index in [0.717, 1.165) is 30.3 Å². The lowest BCUT2D eigenvalue weighted by Gasteiger charge is -2.06. The van der Waals surface area contributed by atoms with Gasteiger partial charge in [-0.2, -0.15) is 0 Å². The smallest absolute Gasteiger partial charge is 0.195 e. The Hall–Kier alpha value is -2.41. The van der Waals surface area contributed by atoms with Gasteiger partial charge in [-0.25, -0.2) is 9.97 Å². The van der Waals surface area contributed by atoms with E-state index in [1.165, 1.54) is 0 Å². The first-order chi connectivity index (χ1) is 10.1. The van der Waals surface area contributed by atoms with Crippen LogP contribution in [-0.4, -0.2) is 28.4 Å². The first kappa shape index (κ1) is 19.6. The SMILES string of the molecule is CCCCNC(=N)NC(=N)N.Cl.c1ccc2ncncc2c1. The maximum atomic E-state index is 7.15. The van der Waals surface area contributed by atoms with Gasteiger partial charge in [0.05, 0.1) is 5.52 Å². The van der Waals surface area contributed by atoms with Gasteiger partial charge in [-0.15, -0.1) is 12.4 Å². The second kappa shape index (κ2) is 11.3. The van der Waals surface area contributed by atoms with Crippen LogP contribution in [0.1, 0.15) is 19.8 Å². The topological polar surface area (TPSA) is 124 Å². The molecule has 0 atom stereocenters. The number of fused-ring (bicyclic) bond motifs is 1. The molecule has 120 valence electrons. The van der Waals surface area contributed by atoms with Gasteiger partial charge in [-0.3, -0.25) is 16.1 Å². The Kier molecular flexibility index (Phi) is 10.0. The van der Waals surface area contributed by atoms with E-state index in [9.17, 15) is 0 Å². The molecule has 1 aromatic carbocycles. The van der Waals surface area contributed by atoms with Gasteiger partial charge in [0.15, 0.2) is 11.9 Å². The molecule has 0 saturated heterocycles. The van der Waals surface area contributed by atoms with E-state index in [-0.39, 0.29) is 24.3 Å². The average Bonchev–Trinajstić information content (AvgIpc) is 2.47. The summed E-state index contributed by atoms with van der Waals surface area (Å²) in [6, 6.07) is 7.91. The average molecular weight is 324 g/mol. The van der Waals surface area contributed by atoms with Gasteiger partial charge in [0, 0.05) is 18.1 Å². The Morgan fingerprint density at radius 1 is 1.27 bits per heavy atom. The third-order valence-corrected chi connectivity index (χ3v) is 2.51. The molecule has 7 nitrogen and oxygen atoms in total. The van der Waals surface area contributed by atoms with Crippen LogP contribution in [-0.2, 0) is 0 Å². The number of rotatable bonds is 3. The summed E-state index contributed by atoms with van der Waals surface area (Å²) in [7, 11) is 0. The Morgan fingerprint density at radius 3 is 2.64 bits per heavy atom. The number of guanidine groups is 2. The van der Waals surface area contributed by atoms with E-state index in [1.807, 2.05) is 30.5 Å².